The summed E-state index contributed by atoms with van der Waals surface area (Å²) in [5, 5.41) is 2.23. The zero-order valence-electron chi connectivity index (χ0n) is 9.47. The molecule has 0 aliphatic heterocycles. The molecule has 0 saturated carbocycles. The number of nitrogens with two attached hydrogens (primary N) is 1. The number of nitrogens with zero attached hydrogens (tertiary/aromatic N) is 1. The summed E-state index contributed by atoms with van der Waals surface area (Å²) in [7, 11) is 1.68. The number of hydrogen-bond acceptors (Lipinski definition) is 2. The van der Waals surface area contributed by atoms with Crippen molar-refractivity contribution in [2.24, 2.45) is 10.7 Å². The third kappa shape index (κ3) is 1.47. The van der Waals surface area contributed by atoms with Gasteiger partial charge in [-0.1, -0.05) is 24.3 Å². The minimum absolute atomic E-state index is 0.521. The molecule has 0 atom stereocenters. The lowest BCUT2D eigenvalue weighted by atomic mass is 10.1. The molecule has 0 saturated heterocycles. The van der Waals surface area contributed by atoms with Crippen LogP contribution in [0.2, 0.25) is 0 Å². The molecule has 0 amide bonds. The predicted octanol–water partition coefficient (Wildman–Crippen LogP) is 2.92. The molecule has 3 rings (SSSR count). The van der Waals surface area contributed by atoms with E-state index in [-0.39, 0.29) is 0 Å². The average Bonchev–Trinajstić information content (AvgIpc) is 2.75. The Labute approximate surface area is 98.6 Å². The summed E-state index contributed by atoms with van der Waals surface area (Å²) in [4.78, 5) is 3.97. The largest absolute Gasteiger partial charge is 0.456 e. The van der Waals surface area contributed by atoms with Crippen molar-refractivity contribution in [3.05, 3.63) is 48.0 Å². The van der Waals surface area contributed by atoms with Gasteiger partial charge in [0.15, 0.2) is 0 Å². The second kappa shape index (κ2) is 3.63. The average molecular weight is 224 g/mol. The fraction of sp³-hybridized carbons (Fsp3) is 0.0714. The Hall–Kier alpha value is -2.29. The SMILES string of the molecule is CN=C(N)c1ccc2c(c1)oc1ccccc12. The van der Waals surface area contributed by atoms with Crippen LogP contribution in [0.4, 0.5) is 0 Å². The first kappa shape index (κ1) is 9.90. The normalized spacial score (nSPS) is 12.4. The van der Waals surface area contributed by atoms with E-state index in [9.17, 15) is 0 Å². The van der Waals surface area contributed by atoms with Crippen molar-refractivity contribution in [2.45, 2.75) is 0 Å². The zero-order valence-corrected chi connectivity index (χ0v) is 9.47. The van der Waals surface area contributed by atoms with Crippen molar-refractivity contribution in [1.29, 1.82) is 0 Å². The molecule has 0 unspecified atom stereocenters. The number of rotatable bonds is 1. The van der Waals surface area contributed by atoms with Gasteiger partial charge in [-0.05, 0) is 18.2 Å². The van der Waals surface area contributed by atoms with Crippen LogP contribution in [0, 0.1) is 0 Å². The molecule has 0 radical (unpaired) electrons. The molecule has 1 aromatic heterocycles. The van der Waals surface area contributed by atoms with Crippen LogP contribution in [0.15, 0.2) is 51.9 Å². The van der Waals surface area contributed by atoms with Gasteiger partial charge in [-0.15, -0.1) is 0 Å². The maximum atomic E-state index is 5.79. The molecule has 0 aliphatic rings. The van der Waals surface area contributed by atoms with Gasteiger partial charge >= 0.3 is 0 Å². The lowest BCUT2D eigenvalue weighted by molar-refractivity contribution is 0.669. The summed E-state index contributed by atoms with van der Waals surface area (Å²) >= 11 is 0. The number of aliphatic imine (C=N–C) groups is 1. The topological polar surface area (TPSA) is 51.5 Å². The molecule has 0 spiro atoms. The third-order valence-corrected chi connectivity index (χ3v) is 2.92. The van der Waals surface area contributed by atoms with E-state index >= 15 is 0 Å². The highest BCUT2D eigenvalue weighted by Gasteiger charge is 2.07. The van der Waals surface area contributed by atoms with Crippen LogP contribution in [-0.2, 0) is 0 Å². The molecule has 0 bridgehead atoms. The van der Waals surface area contributed by atoms with Gasteiger partial charge in [-0.2, -0.15) is 0 Å². The van der Waals surface area contributed by atoms with E-state index in [1.165, 1.54) is 0 Å². The van der Waals surface area contributed by atoms with Crippen LogP contribution in [0.1, 0.15) is 5.56 Å². The summed E-state index contributed by atoms with van der Waals surface area (Å²) in [6.45, 7) is 0. The highest BCUT2D eigenvalue weighted by atomic mass is 16.3. The highest BCUT2D eigenvalue weighted by Crippen LogP contribution is 2.28. The summed E-state index contributed by atoms with van der Waals surface area (Å²) in [6, 6.07) is 13.9. The van der Waals surface area contributed by atoms with Gasteiger partial charge in [0.1, 0.15) is 17.0 Å². The van der Waals surface area contributed by atoms with E-state index in [0.29, 0.717) is 5.84 Å². The van der Waals surface area contributed by atoms with E-state index < -0.39 is 0 Å². The van der Waals surface area contributed by atoms with Crippen LogP contribution in [-0.4, -0.2) is 12.9 Å². The van der Waals surface area contributed by atoms with Gasteiger partial charge < -0.3 is 10.2 Å². The molecule has 3 aromatic rings. The van der Waals surface area contributed by atoms with E-state index in [2.05, 4.69) is 11.1 Å². The third-order valence-electron chi connectivity index (χ3n) is 2.92. The van der Waals surface area contributed by atoms with Crippen LogP contribution in [0.25, 0.3) is 21.9 Å². The Balaban J connectivity index is 2.34. The molecule has 3 nitrogen and oxygen atoms in total. The summed E-state index contributed by atoms with van der Waals surface area (Å²) in [5.74, 6) is 0.521. The summed E-state index contributed by atoms with van der Waals surface area (Å²) in [5.41, 5.74) is 8.41. The summed E-state index contributed by atoms with van der Waals surface area (Å²) < 4.78 is 5.78. The first-order valence-corrected chi connectivity index (χ1v) is 5.43. The van der Waals surface area contributed by atoms with E-state index in [4.69, 9.17) is 10.2 Å². The van der Waals surface area contributed by atoms with Crippen LogP contribution in [0.5, 0.6) is 0 Å². The fourth-order valence-corrected chi connectivity index (χ4v) is 2.01. The number of fused-ring (bicyclic) bond motifs is 3. The van der Waals surface area contributed by atoms with E-state index in [1.54, 1.807) is 7.05 Å². The van der Waals surface area contributed by atoms with E-state index in [1.807, 2.05) is 36.4 Å². The molecule has 2 N–H and O–H groups in total. The highest BCUT2D eigenvalue weighted by molar-refractivity contribution is 6.08. The van der Waals surface area contributed by atoms with Crippen molar-refractivity contribution >= 4 is 27.8 Å². The van der Waals surface area contributed by atoms with Gasteiger partial charge in [0.05, 0.1) is 0 Å². The Morgan fingerprint density at radius 1 is 1.06 bits per heavy atom. The molecule has 17 heavy (non-hydrogen) atoms. The molecule has 0 fully saturated rings. The smallest absolute Gasteiger partial charge is 0.136 e. The maximum absolute atomic E-state index is 5.79. The maximum Gasteiger partial charge on any atom is 0.136 e. The Bertz CT molecular complexity index is 725. The first-order chi connectivity index (χ1) is 8.29. The zero-order chi connectivity index (χ0) is 11.8. The fourth-order valence-electron chi connectivity index (χ4n) is 2.01. The summed E-state index contributed by atoms with van der Waals surface area (Å²) in [6.07, 6.45) is 0. The lowest BCUT2D eigenvalue weighted by Crippen LogP contribution is -2.12. The molecular formula is C14H12N2O. The molecular weight excluding hydrogens is 212 g/mol. The van der Waals surface area contributed by atoms with Gasteiger partial charge in [-0.3, -0.25) is 4.99 Å². The number of amidine groups is 1. The van der Waals surface area contributed by atoms with Crippen molar-refractivity contribution in [3.63, 3.8) is 0 Å². The van der Waals surface area contributed by atoms with Gasteiger partial charge in [0.2, 0.25) is 0 Å². The van der Waals surface area contributed by atoms with Gasteiger partial charge in [0, 0.05) is 23.4 Å². The molecule has 1 heterocycles. The van der Waals surface area contributed by atoms with Crippen LogP contribution in [0.3, 0.4) is 0 Å². The number of hydrogen-bond donors (Lipinski definition) is 1. The number of para-hydroxylation sites is 1. The molecule has 2 aromatic carbocycles. The molecule has 84 valence electrons. The first-order valence-electron chi connectivity index (χ1n) is 5.43. The number of benzene rings is 2. The second-order valence-electron chi connectivity index (χ2n) is 3.92. The predicted molar refractivity (Wildman–Crippen MR) is 70.4 cm³/mol. The Kier molecular flexibility index (Phi) is 2.11. The van der Waals surface area contributed by atoms with Crippen molar-refractivity contribution < 1.29 is 4.42 Å². The number of furan rings is 1. The van der Waals surface area contributed by atoms with Crippen molar-refractivity contribution in [3.8, 4) is 0 Å². The second-order valence-corrected chi connectivity index (χ2v) is 3.92. The minimum atomic E-state index is 0.521. The quantitative estimate of drug-likeness (QED) is 0.510. The van der Waals surface area contributed by atoms with Crippen molar-refractivity contribution in [1.82, 2.24) is 0 Å². The standard InChI is InChI=1S/C14H12N2O/c1-16-14(15)9-6-7-11-10-4-2-3-5-12(10)17-13(11)8-9/h2-8H,1H3,(H2,15,16). The van der Waals surface area contributed by atoms with Gasteiger partial charge in [-0.25, -0.2) is 0 Å². The van der Waals surface area contributed by atoms with E-state index in [0.717, 1.165) is 27.5 Å². The van der Waals surface area contributed by atoms with Gasteiger partial charge in [0.25, 0.3) is 0 Å². The lowest BCUT2D eigenvalue weighted by Gasteiger charge is -1.98. The minimum Gasteiger partial charge on any atom is -0.456 e. The van der Waals surface area contributed by atoms with Crippen LogP contribution < -0.4 is 5.73 Å². The molecule has 0 aliphatic carbocycles. The Morgan fingerprint density at radius 3 is 2.65 bits per heavy atom. The van der Waals surface area contributed by atoms with Crippen molar-refractivity contribution in [2.75, 3.05) is 7.05 Å². The van der Waals surface area contributed by atoms with Crippen LogP contribution >= 0.6 is 0 Å². The monoisotopic (exact) mass is 224 g/mol. The Morgan fingerprint density at radius 2 is 1.82 bits per heavy atom. The molecule has 3 heteroatoms.